The van der Waals surface area contributed by atoms with Crippen LogP contribution in [0.4, 0.5) is 17.1 Å². The fraction of sp³-hybridized carbons (Fsp3) is 0.0909. The van der Waals surface area contributed by atoms with Crippen LogP contribution in [-0.4, -0.2) is 0 Å². The van der Waals surface area contributed by atoms with E-state index in [1.54, 1.807) is 0 Å². The molecule has 0 aliphatic heterocycles. The number of hydrogen-bond acceptors (Lipinski definition) is 3. The van der Waals surface area contributed by atoms with Gasteiger partial charge in [-0.25, -0.2) is 0 Å². The molecule has 2 aliphatic carbocycles. The molecule has 0 fully saturated rings. The second-order valence-electron chi connectivity index (χ2n) is 20.0. The van der Waals surface area contributed by atoms with Crippen LogP contribution in [0.5, 0.6) is 0 Å². The molecule has 2 aliphatic rings. The van der Waals surface area contributed by atoms with Crippen LogP contribution < -0.4 is 4.90 Å². The molecule has 0 radical (unpaired) electrons. The van der Waals surface area contributed by atoms with Gasteiger partial charge in [-0.1, -0.05) is 179 Å². The number of rotatable bonds is 6. The molecule has 0 N–H and O–H groups in total. The van der Waals surface area contributed by atoms with Gasteiger partial charge in [-0.15, -0.1) is 0 Å². The number of benzene rings is 10. The zero-order chi connectivity index (χ0) is 46.2. The first-order chi connectivity index (χ1) is 33.7. The molecule has 0 spiro atoms. The predicted octanol–water partition coefficient (Wildman–Crippen LogP) is 18.6. The highest BCUT2D eigenvalue weighted by atomic mass is 16.3. The molecule has 0 saturated carbocycles. The predicted molar refractivity (Wildman–Crippen MR) is 287 cm³/mol. The molecule has 328 valence electrons. The number of anilines is 3. The minimum atomic E-state index is -0.309. The highest BCUT2D eigenvalue weighted by Crippen LogP contribution is 2.58. The molecule has 3 heteroatoms. The van der Waals surface area contributed by atoms with Crippen molar-refractivity contribution >= 4 is 60.9 Å². The third-order valence-corrected chi connectivity index (χ3v) is 15.5. The molecule has 0 bridgehead atoms. The van der Waals surface area contributed by atoms with E-state index in [9.17, 15) is 0 Å². The van der Waals surface area contributed by atoms with Gasteiger partial charge >= 0.3 is 0 Å². The Bertz CT molecular complexity index is 3820. The largest absolute Gasteiger partial charge is 0.455 e. The quantitative estimate of drug-likeness (QED) is 0.167. The smallest absolute Gasteiger partial charge is 0.143 e. The zero-order valence-electron chi connectivity index (χ0n) is 39.0. The maximum atomic E-state index is 6.80. The maximum absolute atomic E-state index is 6.80. The minimum absolute atomic E-state index is 0.309. The van der Waals surface area contributed by atoms with Gasteiger partial charge < -0.3 is 13.7 Å². The summed E-state index contributed by atoms with van der Waals surface area (Å²) in [5.74, 6) is 0. The van der Waals surface area contributed by atoms with E-state index in [-0.39, 0.29) is 10.8 Å². The molecule has 12 aromatic rings. The van der Waals surface area contributed by atoms with E-state index < -0.39 is 0 Å². The lowest BCUT2D eigenvalue weighted by molar-refractivity contribution is 0.657. The van der Waals surface area contributed by atoms with Gasteiger partial charge in [-0.2, -0.15) is 0 Å². The molecular formula is C66H47NO2. The molecule has 14 rings (SSSR count). The van der Waals surface area contributed by atoms with Gasteiger partial charge in [0, 0.05) is 60.6 Å². The van der Waals surface area contributed by atoms with Crippen molar-refractivity contribution < 1.29 is 8.83 Å². The van der Waals surface area contributed by atoms with Crippen LogP contribution in [0.2, 0.25) is 0 Å². The monoisotopic (exact) mass is 885 g/mol. The van der Waals surface area contributed by atoms with E-state index in [2.05, 4.69) is 245 Å². The Kier molecular flexibility index (Phi) is 8.38. The Labute approximate surface area is 401 Å². The van der Waals surface area contributed by atoms with E-state index in [0.717, 1.165) is 72.4 Å². The van der Waals surface area contributed by atoms with Crippen LogP contribution in [0.1, 0.15) is 49.9 Å². The fourth-order valence-corrected chi connectivity index (χ4v) is 12.0. The van der Waals surface area contributed by atoms with Gasteiger partial charge in [-0.3, -0.25) is 0 Å². The fourth-order valence-electron chi connectivity index (χ4n) is 12.0. The highest BCUT2D eigenvalue weighted by molar-refractivity contribution is 6.20. The average molecular weight is 886 g/mol. The summed E-state index contributed by atoms with van der Waals surface area (Å²) in [6, 6.07) is 77.3. The lowest BCUT2D eigenvalue weighted by atomic mass is 9.80. The number of para-hydroxylation sites is 2. The molecule has 10 aromatic carbocycles. The summed E-state index contributed by atoms with van der Waals surface area (Å²) in [6.45, 7) is 9.57. The van der Waals surface area contributed by atoms with Crippen LogP contribution in [0.25, 0.3) is 99.5 Å². The van der Waals surface area contributed by atoms with Crippen molar-refractivity contribution in [3.05, 3.63) is 235 Å². The van der Waals surface area contributed by atoms with E-state index >= 15 is 0 Å². The average Bonchev–Trinajstić information content (AvgIpc) is 4.10. The molecular weight excluding hydrogens is 839 g/mol. The summed E-state index contributed by atoms with van der Waals surface area (Å²) in [5.41, 5.74) is 23.6. The normalized spacial score (nSPS) is 14.0. The topological polar surface area (TPSA) is 29.5 Å². The molecule has 2 aromatic heterocycles. The number of furan rings is 2. The van der Waals surface area contributed by atoms with Crippen molar-refractivity contribution in [2.24, 2.45) is 0 Å². The first-order valence-electron chi connectivity index (χ1n) is 24.1. The Balaban J connectivity index is 0.973. The Hall–Kier alpha value is -8.40. The second-order valence-corrected chi connectivity index (χ2v) is 20.0. The van der Waals surface area contributed by atoms with Crippen LogP contribution in [0.3, 0.4) is 0 Å². The van der Waals surface area contributed by atoms with Crippen LogP contribution >= 0.6 is 0 Å². The Morgan fingerprint density at radius 1 is 0.319 bits per heavy atom. The molecule has 0 atom stereocenters. The van der Waals surface area contributed by atoms with Crippen LogP contribution in [0, 0.1) is 0 Å². The SMILES string of the molecule is CC1(C)c2cc(N(c3ccc(-c4ccccc4)cc3)c3ccc4c(c3)C(C)(C)c3cc(-c5ccccc5)c5oc6ccccc6c5c3-4)ccc2-c2c1cc(-c1ccccc1)c1oc3ccccc3c21. The van der Waals surface area contributed by atoms with Gasteiger partial charge in [0.05, 0.1) is 0 Å². The molecule has 0 unspecified atom stereocenters. The van der Waals surface area contributed by atoms with Gasteiger partial charge in [-0.05, 0) is 127 Å². The van der Waals surface area contributed by atoms with Crippen molar-refractivity contribution in [3.63, 3.8) is 0 Å². The molecule has 69 heavy (non-hydrogen) atoms. The van der Waals surface area contributed by atoms with E-state index in [4.69, 9.17) is 8.83 Å². The third kappa shape index (κ3) is 5.74. The lowest BCUT2D eigenvalue weighted by Crippen LogP contribution is -2.18. The summed E-state index contributed by atoms with van der Waals surface area (Å²) < 4.78 is 13.6. The summed E-state index contributed by atoms with van der Waals surface area (Å²) in [5, 5.41) is 4.66. The summed E-state index contributed by atoms with van der Waals surface area (Å²) in [7, 11) is 0. The summed E-state index contributed by atoms with van der Waals surface area (Å²) in [6.07, 6.45) is 0. The zero-order valence-corrected chi connectivity index (χ0v) is 39.0. The summed E-state index contributed by atoms with van der Waals surface area (Å²) in [4.78, 5) is 2.46. The molecule has 0 saturated heterocycles. The first-order valence-corrected chi connectivity index (χ1v) is 24.1. The third-order valence-electron chi connectivity index (χ3n) is 15.5. The van der Waals surface area contributed by atoms with Crippen molar-refractivity contribution in [2.45, 2.75) is 38.5 Å². The van der Waals surface area contributed by atoms with Gasteiger partial charge in [0.25, 0.3) is 0 Å². The number of nitrogens with zero attached hydrogens (tertiary/aromatic N) is 1. The van der Waals surface area contributed by atoms with Crippen molar-refractivity contribution in [2.75, 3.05) is 4.90 Å². The molecule has 3 nitrogen and oxygen atoms in total. The number of fused-ring (bicyclic) bond motifs is 14. The van der Waals surface area contributed by atoms with E-state index in [0.29, 0.717) is 0 Å². The highest BCUT2D eigenvalue weighted by Gasteiger charge is 2.41. The van der Waals surface area contributed by atoms with Gasteiger partial charge in [0.1, 0.15) is 22.3 Å². The Morgan fingerprint density at radius 3 is 1.14 bits per heavy atom. The van der Waals surface area contributed by atoms with Gasteiger partial charge in [0.2, 0.25) is 0 Å². The molecule has 2 heterocycles. The molecule has 0 amide bonds. The summed E-state index contributed by atoms with van der Waals surface area (Å²) >= 11 is 0. The van der Waals surface area contributed by atoms with E-state index in [1.807, 2.05) is 0 Å². The van der Waals surface area contributed by atoms with E-state index in [1.165, 1.54) is 66.4 Å². The van der Waals surface area contributed by atoms with Crippen molar-refractivity contribution in [1.82, 2.24) is 0 Å². The van der Waals surface area contributed by atoms with Gasteiger partial charge in [0.15, 0.2) is 0 Å². The standard InChI is InChI=1S/C66H47NO2/c1-65(2)53-36-45(32-34-47(53)59-55(65)38-51(42-20-10-6-11-21-42)63-61(59)49-24-14-16-26-57(49)68-63)67(44-30-28-41(29-31-44)40-18-8-5-9-19-40)46-33-35-48-54(37-46)66(3,4)56-39-52(43-22-12-7-13-23-43)64-62(60(48)56)50-25-15-17-27-58(50)69-64/h5-39H,1-4H3. The minimum Gasteiger partial charge on any atom is -0.455 e. The Morgan fingerprint density at radius 2 is 0.696 bits per heavy atom. The van der Waals surface area contributed by atoms with Crippen molar-refractivity contribution in [3.8, 4) is 55.6 Å². The second kappa shape index (κ2) is 14.6. The van der Waals surface area contributed by atoms with Crippen molar-refractivity contribution in [1.29, 1.82) is 0 Å². The first kappa shape index (κ1) is 39.7. The van der Waals surface area contributed by atoms with Crippen LogP contribution in [0.15, 0.2) is 221 Å². The maximum Gasteiger partial charge on any atom is 0.143 e. The lowest BCUT2D eigenvalue weighted by Gasteiger charge is -2.30. The van der Waals surface area contributed by atoms with Crippen LogP contribution in [-0.2, 0) is 10.8 Å². The number of hydrogen-bond donors (Lipinski definition) is 0.